The average molecular weight is 237 g/mol. The second kappa shape index (κ2) is 6.49. The molecule has 0 aliphatic carbocycles. The van der Waals surface area contributed by atoms with E-state index >= 15 is 0 Å². The number of amides is 2. The standard InChI is InChI=1S/C11H15N3O3/c12-5-4-11(16)14-8-2-1-3-9(6-8)17-7-10(13)15/h1-3,6H,4-5,7,12H2,(H2,13,15)(H,14,16). The summed E-state index contributed by atoms with van der Waals surface area (Å²) < 4.78 is 5.10. The highest BCUT2D eigenvalue weighted by Gasteiger charge is 2.03. The number of hydrogen-bond donors (Lipinski definition) is 3. The van der Waals surface area contributed by atoms with Crippen molar-refractivity contribution in [2.45, 2.75) is 6.42 Å². The Labute approximate surface area is 98.9 Å². The highest BCUT2D eigenvalue weighted by molar-refractivity contribution is 5.91. The highest BCUT2D eigenvalue weighted by atomic mass is 16.5. The predicted molar refractivity (Wildman–Crippen MR) is 63.4 cm³/mol. The molecule has 0 saturated carbocycles. The first-order valence-electron chi connectivity index (χ1n) is 5.13. The lowest BCUT2D eigenvalue weighted by Gasteiger charge is -2.07. The third kappa shape index (κ3) is 4.98. The Kier molecular flexibility index (Phi) is 4.96. The van der Waals surface area contributed by atoms with Gasteiger partial charge < -0.3 is 21.5 Å². The van der Waals surface area contributed by atoms with Crippen molar-refractivity contribution in [1.82, 2.24) is 0 Å². The Morgan fingerprint density at radius 1 is 1.35 bits per heavy atom. The highest BCUT2D eigenvalue weighted by Crippen LogP contribution is 2.17. The molecule has 17 heavy (non-hydrogen) atoms. The maximum absolute atomic E-state index is 11.3. The van der Waals surface area contributed by atoms with E-state index in [0.717, 1.165) is 0 Å². The van der Waals surface area contributed by atoms with Gasteiger partial charge in [0.15, 0.2) is 6.61 Å². The van der Waals surface area contributed by atoms with Crippen molar-refractivity contribution >= 4 is 17.5 Å². The number of carbonyl (C=O) groups excluding carboxylic acids is 2. The number of hydrogen-bond acceptors (Lipinski definition) is 4. The fourth-order valence-corrected chi connectivity index (χ4v) is 1.17. The van der Waals surface area contributed by atoms with E-state index in [1.165, 1.54) is 0 Å². The van der Waals surface area contributed by atoms with Gasteiger partial charge in [-0.05, 0) is 12.1 Å². The predicted octanol–water partition coefficient (Wildman–Crippen LogP) is -0.162. The lowest BCUT2D eigenvalue weighted by molar-refractivity contribution is -0.120. The normalized spacial score (nSPS) is 9.71. The van der Waals surface area contributed by atoms with Gasteiger partial charge in [0.25, 0.3) is 5.91 Å². The van der Waals surface area contributed by atoms with Crippen molar-refractivity contribution in [2.24, 2.45) is 11.5 Å². The van der Waals surface area contributed by atoms with Crippen molar-refractivity contribution in [1.29, 1.82) is 0 Å². The van der Waals surface area contributed by atoms with Crippen molar-refractivity contribution in [3.63, 3.8) is 0 Å². The van der Waals surface area contributed by atoms with Gasteiger partial charge in [0.2, 0.25) is 5.91 Å². The first-order chi connectivity index (χ1) is 8.11. The molecular weight excluding hydrogens is 222 g/mol. The summed E-state index contributed by atoms with van der Waals surface area (Å²) in [6, 6.07) is 6.69. The third-order valence-electron chi connectivity index (χ3n) is 1.87. The van der Waals surface area contributed by atoms with Crippen LogP contribution in [0.5, 0.6) is 5.75 Å². The first kappa shape index (κ1) is 13.0. The second-order valence-electron chi connectivity index (χ2n) is 3.37. The topological polar surface area (TPSA) is 107 Å². The molecule has 0 heterocycles. The molecule has 0 aliphatic rings. The zero-order chi connectivity index (χ0) is 12.7. The summed E-state index contributed by atoms with van der Waals surface area (Å²) in [7, 11) is 0. The van der Waals surface area contributed by atoms with E-state index in [-0.39, 0.29) is 18.9 Å². The number of anilines is 1. The van der Waals surface area contributed by atoms with Gasteiger partial charge in [-0.3, -0.25) is 9.59 Å². The zero-order valence-electron chi connectivity index (χ0n) is 9.31. The first-order valence-corrected chi connectivity index (χ1v) is 5.13. The van der Waals surface area contributed by atoms with Crippen LogP contribution in [0, 0.1) is 0 Å². The van der Waals surface area contributed by atoms with E-state index in [2.05, 4.69) is 5.32 Å². The molecule has 0 fully saturated rings. The van der Waals surface area contributed by atoms with Crippen LogP contribution >= 0.6 is 0 Å². The number of primary amides is 1. The van der Waals surface area contributed by atoms with Gasteiger partial charge in [-0.25, -0.2) is 0 Å². The van der Waals surface area contributed by atoms with Crippen molar-refractivity contribution in [3.8, 4) is 5.75 Å². The molecule has 1 aromatic carbocycles. The summed E-state index contributed by atoms with van der Waals surface area (Å²) in [5.74, 6) is -0.253. The molecule has 0 spiro atoms. The number of nitrogens with one attached hydrogen (secondary N) is 1. The minimum absolute atomic E-state index is 0.167. The van der Waals surface area contributed by atoms with Gasteiger partial charge in [0.1, 0.15) is 5.75 Å². The Balaban J connectivity index is 2.59. The molecule has 6 nitrogen and oxygen atoms in total. The van der Waals surface area contributed by atoms with Gasteiger partial charge in [0, 0.05) is 24.7 Å². The summed E-state index contributed by atoms with van der Waals surface area (Å²) in [5, 5.41) is 2.66. The van der Waals surface area contributed by atoms with Crippen LogP contribution in [0.15, 0.2) is 24.3 Å². The van der Waals surface area contributed by atoms with Gasteiger partial charge in [-0.1, -0.05) is 6.07 Å². The lowest BCUT2D eigenvalue weighted by atomic mass is 10.3. The molecule has 92 valence electrons. The van der Waals surface area contributed by atoms with E-state index in [0.29, 0.717) is 18.0 Å². The van der Waals surface area contributed by atoms with Crippen LogP contribution in [0.25, 0.3) is 0 Å². The fraction of sp³-hybridized carbons (Fsp3) is 0.273. The molecule has 0 aromatic heterocycles. The van der Waals surface area contributed by atoms with Crippen LogP contribution in [-0.4, -0.2) is 25.0 Å². The molecule has 0 atom stereocenters. The second-order valence-corrected chi connectivity index (χ2v) is 3.37. The van der Waals surface area contributed by atoms with Crippen molar-refractivity contribution in [3.05, 3.63) is 24.3 Å². The van der Waals surface area contributed by atoms with E-state index in [1.807, 2.05) is 0 Å². The van der Waals surface area contributed by atoms with E-state index in [9.17, 15) is 9.59 Å². The lowest BCUT2D eigenvalue weighted by Crippen LogP contribution is -2.20. The monoisotopic (exact) mass is 237 g/mol. The maximum atomic E-state index is 11.3. The summed E-state index contributed by atoms with van der Waals surface area (Å²) in [6.45, 7) is 0.101. The van der Waals surface area contributed by atoms with Crippen LogP contribution in [0.3, 0.4) is 0 Å². The van der Waals surface area contributed by atoms with Gasteiger partial charge in [0.05, 0.1) is 0 Å². The van der Waals surface area contributed by atoms with Crippen LogP contribution in [-0.2, 0) is 9.59 Å². The quantitative estimate of drug-likeness (QED) is 0.638. The van der Waals surface area contributed by atoms with E-state index in [4.69, 9.17) is 16.2 Å². The average Bonchev–Trinajstić information content (AvgIpc) is 2.27. The third-order valence-corrected chi connectivity index (χ3v) is 1.87. The Morgan fingerprint density at radius 2 is 2.12 bits per heavy atom. The molecule has 0 radical (unpaired) electrons. The fourth-order valence-electron chi connectivity index (χ4n) is 1.17. The van der Waals surface area contributed by atoms with Gasteiger partial charge in [-0.2, -0.15) is 0 Å². The van der Waals surface area contributed by atoms with E-state index in [1.54, 1.807) is 24.3 Å². The number of nitrogens with two attached hydrogens (primary N) is 2. The van der Waals surface area contributed by atoms with E-state index < -0.39 is 5.91 Å². The number of ether oxygens (including phenoxy) is 1. The number of carbonyl (C=O) groups is 2. The van der Waals surface area contributed by atoms with Crippen molar-refractivity contribution in [2.75, 3.05) is 18.5 Å². The molecule has 1 aromatic rings. The Hall–Kier alpha value is -2.08. The molecular formula is C11H15N3O3. The maximum Gasteiger partial charge on any atom is 0.255 e. The van der Waals surface area contributed by atoms with Crippen LogP contribution in [0.1, 0.15) is 6.42 Å². The zero-order valence-corrected chi connectivity index (χ0v) is 9.31. The molecule has 6 heteroatoms. The van der Waals surface area contributed by atoms with Crippen molar-refractivity contribution < 1.29 is 14.3 Å². The minimum atomic E-state index is -0.553. The Bertz CT molecular complexity index is 407. The largest absolute Gasteiger partial charge is 0.484 e. The SMILES string of the molecule is NCCC(=O)Nc1cccc(OCC(N)=O)c1. The molecule has 0 unspecified atom stereocenters. The molecule has 0 bridgehead atoms. The molecule has 0 aliphatic heterocycles. The summed E-state index contributed by atoms with van der Waals surface area (Å²) in [6.07, 6.45) is 0.256. The van der Waals surface area contributed by atoms with Crippen LogP contribution in [0.4, 0.5) is 5.69 Å². The van der Waals surface area contributed by atoms with Crippen LogP contribution in [0.2, 0.25) is 0 Å². The number of benzene rings is 1. The summed E-state index contributed by atoms with van der Waals surface area (Å²) >= 11 is 0. The van der Waals surface area contributed by atoms with Crippen LogP contribution < -0.4 is 21.5 Å². The summed E-state index contributed by atoms with van der Waals surface area (Å²) in [4.78, 5) is 21.8. The van der Waals surface area contributed by atoms with Gasteiger partial charge in [-0.15, -0.1) is 0 Å². The Morgan fingerprint density at radius 3 is 2.76 bits per heavy atom. The number of rotatable bonds is 6. The smallest absolute Gasteiger partial charge is 0.255 e. The molecule has 2 amide bonds. The molecule has 1 rings (SSSR count). The van der Waals surface area contributed by atoms with Gasteiger partial charge >= 0.3 is 0 Å². The molecule has 0 saturated heterocycles. The minimum Gasteiger partial charge on any atom is -0.484 e. The molecule has 5 N–H and O–H groups in total. The summed E-state index contributed by atoms with van der Waals surface area (Å²) in [5.41, 5.74) is 10.8.